The van der Waals surface area contributed by atoms with E-state index < -0.39 is 11.8 Å². The summed E-state index contributed by atoms with van der Waals surface area (Å²) >= 11 is 3.09. The van der Waals surface area contributed by atoms with Gasteiger partial charge in [0, 0.05) is 0 Å². The fourth-order valence-electron chi connectivity index (χ4n) is 0.613. The lowest BCUT2D eigenvalue weighted by atomic mass is 10.2. The Morgan fingerprint density at radius 1 is 1.55 bits per heavy atom. The van der Waals surface area contributed by atoms with Crippen LogP contribution in [0.15, 0.2) is 0 Å². The minimum Gasteiger partial charge on any atom is -0.463 e. The van der Waals surface area contributed by atoms with Gasteiger partial charge in [0.1, 0.15) is 0 Å². The van der Waals surface area contributed by atoms with E-state index in [1.54, 1.807) is 0 Å². The van der Waals surface area contributed by atoms with Crippen LogP contribution < -0.4 is 0 Å². The van der Waals surface area contributed by atoms with Crippen molar-refractivity contribution in [1.29, 1.82) is 0 Å². The number of esters is 1. The molecule has 0 bridgehead atoms. The summed E-state index contributed by atoms with van der Waals surface area (Å²) in [6.45, 7) is 1.94. The number of carbonyl (C=O) groups is 2. The monoisotopic (exact) mass is 222 g/mol. The zero-order valence-corrected chi connectivity index (χ0v) is 8.18. The molecule has 1 atom stereocenters. The summed E-state index contributed by atoms with van der Waals surface area (Å²) in [7, 11) is 1.20. The van der Waals surface area contributed by atoms with Gasteiger partial charge < -0.3 is 4.74 Å². The summed E-state index contributed by atoms with van der Waals surface area (Å²) in [6, 6.07) is 0. The SMILES string of the molecule is CCCC(Br)C(=O)C(=O)OC. The molecule has 0 fully saturated rings. The molecule has 0 aliphatic carbocycles. The Bertz CT molecular complexity index is 156. The number of rotatable bonds is 4. The number of carbonyl (C=O) groups excluding carboxylic acids is 2. The highest BCUT2D eigenvalue weighted by atomic mass is 79.9. The van der Waals surface area contributed by atoms with Crippen LogP contribution in [0, 0.1) is 0 Å². The highest BCUT2D eigenvalue weighted by Gasteiger charge is 2.22. The lowest BCUT2D eigenvalue weighted by Crippen LogP contribution is -2.24. The van der Waals surface area contributed by atoms with E-state index in [1.807, 2.05) is 6.92 Å². The van der Waals surface area contributed by atoms with Gasteiger partial charge in [0.25, 0.3) is 5.78 Å². The summed E-state index contributed by atoms with van der Waals surface area (Å²) in [5, 5.41) is 0. The van der Waals surface area contributed by atoms with Crippen LogP contribution in [-0.4, -0.2) is 23.7 Å². The molecular weight excluding hydrogens is 212 g/mol. The van der Waals surface area contributed by atoms with Crippen LogP contribution in [0.3, 0.4) is 0 Å². The fraction of sp³-hybridized carbons (Fsp3) is 0.714. The van der Waals surface area contributed by atoms with Crippen LogP contribution >= 0.6 is 15.9 Å². The van der Waals surface area contributed by atoms with Gasteiger partial charge in [0.05, 0.1) is 11.9 Å². The summed E-state index contributed by atoms with van der Waals surface area (Å²) in [5.74, 6) is -1.28. The van der Waals surface area contributed by atoms with E-state index in [0.717, 1.165) is 6.42 Å². The Balaban J connectivity index is 3.91. The van der Waals surface area contributed by atoms with E-state index in [0.29, 0.717) is 6.42 Å². The van der Waals surface area contributed by atoms with Crippen molar-refractivity contribution in [2.24, 2.45) is 0 Å². The minimum absolute atomic E-state index is 0.389. The first-order valence-electron chi connectivity index (χ1n) is 3.39. The van der Waals surface area contributed by atoms with Crippen molar-refractivity contribution in [3.63, 3.8) is 0 Å². The van der Waals surface area contributed by atoms with Crippen LogP contribution in [0.5, 0.6) is 0 Å². The lowest BCUT2D eigenvalue weighted by molar-refractivity contribution is -0.151. The molecule has 0 aromatic rings. The van der Waals surface area contributed by atoms with Gasteiger partial charge in [-0.25, -0.2) is 4.79 Å². The molecule has 64 valence electrons. The van der Waals surface area contributed by atoms with Crippen LogP contribution in [0.2, 0.25) is 0 Å². The van der Waals surface area contributed by atoms with Crippen LogP contribution in [0.25, 0.3) is 0 Å². The Hall–Kier alpha value is -0.380. The summed E-state index contributed by atoms with van der Waals surface area (Å²) in [5.41, 5.74) is 0. The Morgan fingerprint density at radius 2 is 2.09 bits per heavy atom. The zero-order valence-electron chi connectivity index (χ0n) is 6.59. The second kappa shape index (κ2) is 5.29. The van der Waals surface area contributed by atoms with Crippen molar-refractivity contribution < 1.29 is 14.3 Å². The molecule has 0 N–H and O–H groups in total. The fourth-order valence-corrected chi connectivity index (χ4v) is 1.26. The third-order valence-corrected chi connectivity index (χ3v) is 2.09. The van der Waals surface area contributed by atoms with Gasteiger partial charge >= 0.3 is 5.97 Å². The molecule has 0 aromatic carbocycles. The molecule has 0 rings (SSSR count). The molecule has 0 radical (unpaired) electrons. The molecular formula is C7H11BrO3. The average molecular weight is 223 g/mol. The molecule has 0 spiro atoms. The molecule has 0 aromatic heterocycles. The maximum absolute atomic E-state index is 10.9. The van der Waals surface area contributed by atoms with Crippen molar-refractivity contribution in [3.05, 3.63) is 0 Å². The predicted octanol–water partition coefficient (Wildman–Crippen LogP) is 1.29. The van der Waals surface area contributed by atoms with Gasteiger partial charge in [0.2, 0.25) is 0 Å². The summed E-state index contributed by atoms with van der Waals surface area (Å²) < 4.78 is 4.26. The van der Waals surface area contributed by atoms with Gasteiger partial charge in [0.15, 0.2) is 0 Å². The second-order valence-corrected chi connectivity index (χ2v) is 3.22. The zero-order chi connectivity index (χ0) is 8.85. The van der Waals surface area contributed by atoms with Crippen molar-refractivity contribution in [2.45, 2.75) is 24.6 Å². The number of hydrogen-bond donors (Lipinski definition) is 0. The van der Waals surface area contributed by atoms with Gasteiger partial charge in [-0.2, -0.15) is 0 Å². The highest BCUT2D eigenvalue weighted by Crippen LogP contribution is 2.09. The van der Waals surface area contributed by atoms with Crippen molar-refractivity contribution in [2.75, 3.05) is 7.11 Å². The Morgan fingerprint density at radius 3 is 2.45 bits per heavy atom. The molecule has 11 heavy (non-hydrogen) atoms. The standard InChI is InChI=1S/C7H11BrO3/c1-3-4-5(8)6(9)7(10)11-2/h5H,3-4H2,1-2H3. The predicted molar refractivity (Wildman–Crippen MR) is 44.6 cm³/mol. The normalized spacial score (nSPS) is 12.3. The summed E-state index contributed by atoms with van der Waals surface area (Å²) in [4.78, 5) is 21.2. The maximum Gasteiger partial charge on any atom is 0.375 e. The smallest absolute Gasteiger partial charge is 0.375 e. The molecule has 0 saturated carbocycles. The molecule has 0 aliphatic heterocycles. The lowest BCUT2D eigenvalue weighted by Gasteiger charge is -2.03. The first-order valence-corrected chi connectivity index (χ1v) is 4.31. The van der Waals surface area contributed by atoms with E-state index in [2.05, 4.69) is 20.7 Å². The van der Waals surface area contributed by atoms with Crippen molar-refractivity contribution >= 4 is 27.7 Å². The molecule has 3 nitrogen and oxygen atoms in total. The third-order valence-electron chi connectivity index (χ3n) is 1.21. The number of alkyl halides is 1. The van der Waals surface area contributed by atoms with E-state index >= 15 is 0 Å². The van der Waals surface area contributed by atoms with Crippen molar-refractivity contribution in [3.8, 4) is 0 Å². The number of Topliss-reactive ketones (excluding diaryl/α,β-unsaturated/α-hetero) is 1. The quantitative estimate of drug-likeness (QED) is 0.409. The summed E-state index contributed by atoms with van der Waals surface area (Å²) in [6.07, 6.45) is 1.52. The van der Waals surface area contributed by atoms with Crippen molar-refractivity contribution in [1.82, 2.24) is 0 Å². The third kappa shape index (κ3) is 3.51. The molecule has 0 amide bonds. The number of halogens is 1. The number of ketones is 1. The largest absolute Gasteiger partial charge is 0.463 e. The van der Waals surface area contributed by atoms with Crippen LogP contribution in [-0.2, 0) is 14.3 Å². The highest BCUT2D eigenvalue weighted by molar-refractivity contribution is 9.10. The van der Waals surface area contributed by atoms with E-state index in [9.17, 15) is 9.59 Å². The maximum atomic E-state index is 10.9. The van der Waals surface area contributed by atoms with Gasteiger partial charge in [-0.15, -0.1) is 0 Å². The molecule has 0 aliphatic rings. The molecule has 4 heteroatoms. The average Bonchev–Trinajstić information content (AvgIpc) is 2.02. The van der Waals surface area contributed by atoms with E-state index in [-0.39, 0.29) is 4.83 Å². The number of methoxy groups -OCH3 is 1. The van der Waals surface area contributed by atoms with E-state index in [1.165, 1.54) is 7.11 Å². The number of ether oxygens (including phenoxy) is 1. The molecule has 1 unspecified atom stereocenters. The second-order valence-electron chi connectivity index (χ2n) is 2.11. The first-order chi connectivity index (χ1) is 5.13. The first kappa shape index (κ1) is 10.6. The van der Waals surface area contributed by atoms with Crippen LogP contribution in [0.4, 0.5) is 0 Å². The molecule has 0 heterocycles. The van der Waals surface area contributed by atoms with E-state index in [4.69, 9.17) is 0 Å². The number of hydrogen-bond acceptors (Lipinski definition) is 3. The van der Waals surface area contributed by atoms with Gasteiger partial charge in [-0.3, -0.25) is 4.79 Å². The Labute approximate surface area is 74.2 Å². The van der Waals surface area contributed by atoms with Crippen LogP contribution in [0.1, 0.15) is 19.8 Å². The van der Waals surface area contributed by atoms with Gasteiger partial charge in [-0.1, -0.05) is 29.3 Å². The minimum atomic E-state index is -0.777. The van der Waals surface area contributed by atoms with Gasteiger partial charge in [-0.05, 0) is 6.42 Å². The Kier molecular flexibility index (Phi) is 5.11. The topological polar surface area (TPSA) is 43.4 Å². The molecule has 0 saturated heterocycles.